The van der Waals surface area contributed by atoms with Crippen LogP contribution < -0.4 is 4.74 Å². The highest BCUT2D eigenvalue weighted by Gasteiger charge is 2.16. The number of carbonyl (C=O) groups excluding carboxylic acids is 1. The van der Waals surface area contributed by atoms with Crippen LogP contribution in [0.1, 0.15) is 23.0 Å². The molecule has 0 atom stereocenters. The van der Waals surface area contributed by atoms with Crippen molar-refractivity contribution >= 4 is 32.7 Å². The van der Waals surface area contributed by atoms with Gasteiger partial charge in [0.2, 0.25) is 5.91 Å². The number of hydrogen-bond donors (Lipinski definition) is 0. The Bertz CT molecular complexity index is 587. The van der Waals surface area contributed by atoms with Crippen molar-refractivity contribution in [1.29, 1.82) is 0 Å². The maximum Gasteiger partial charge on any atom is 0.228 e. The summed E-state index contributed by atoms with van der Waals surface area (Å²) in [5.41, 5.74) is 3.05. The molecule has 0 amide bonds. The van der Waals surface area contributed by atoms with Gasteiger partial charge in [-0.15, -0.1) is 0 Å². The second-order valence-corrected chi connectivity index (χ2v) is 4.50. The molecule has 90 valence electrons. The normalized spacial score (nSPS) is 10.8. The number of rotatable bonds is 2. The average Bonchev–Trinajstić information content (AvgIpc) is 2.61. The van der Waals surface area contributed by atoms with Crippen molar-refractivity contribution in [3.05, 3.63) is 29.5 Å². The van der Waals surface area contributed by atoms with E-state index in [0.717, 1.165) is 27.9 Å². The Morgan fingerprint density at radius 2 is 2.18 bits per heavy atom. The first-order valence-electron chi connectivity index (χ1n) is 5.35. The molecule has 0 saturated heterocycles. The molecule has 0 fully saturated rings. The van der Waals surface area contributed by atoms with Gasteiger partial charge in [0.15, 0.2) is 0 Å². The number of nitrogens with zero attached hydrogens (tertiary/aromatic N) is 1. The standard InChI is InChI=1S/C13H14BrNO2/c1-8-11-6-10(17-3)4-5-12(11)15(9(2)16)13(8)7-14/h4-6H,7H2,1-3H3. The van der Waals surface area contributed by atoms with E-state index in [1.165, 1.54) is 0 Å². The predicted octanol–water partition coefficient (Wildman–Crippen LogP) is 3.51. The van der Waals surface area contributed by atoms with Gasteiger partial charge in [-0.05, 0) is 30.7 Å². The number of carbonyl (C=O) groups is 1. The van der Waals surface area contributed by atoms with Crippen LogP contribution in [-0.4, -0.2) is 17.6 Å². The summed E-state index contributed by atoms with van der Waals surface area (Å²) in [6.07, 6.45) is 0. The summed E-state index contributed by atoms with van der Waals surface area (Å²) in [6, 6.07) is 5.77. The Morgan fingerprint density at radius 3 is 2.71 bits per heavy atom. The van der Waals surface area contributed by atoms with Crippen LogP contribution in [-0.2, 0) is 5.33 Å². The SMILES string of the molecule is COc1ccc2c(c1)c(C)c(CBr)n2C(C)=O. The Kier molecular flexibility index (Phi) is 3.24. The number of hydrogen-bond acceptors (Lipinski definition) is 2. The molecule has 0 aliphatic heterocycles. The van der Waals surface area contributed by atoms with E-state index in [9.17, 15) is 4.79 Å². The molecule has 3 nitrogen and oxygen atoms in total. The molecule has 2 aromatic rings. The topological polar surface area (TPSA) is 31.2 Å². The maximum atomic E-state index is 11.7. The van der Waals surface area contributed by atoms with Gasteiger partial charge >= 0.3 is 0 Å². The van der Waals surface area contributed by atoms with E-state index in [1.807, 2.05) is 25.1 Å². The largest absolute Gasteiger partial charge is 0.497 e. The summed E-state index contributed by atoms with van der Waals surface area (Å²) in [5, 5.41) is 1.73. The zero-order chi connectivity index (χ0) is 12.6. The first-order valence-corrected chi connectivity index (χ1v) is 6.47. The summed E-state index contributed by atoms with van der Waals surface area (Å²) in [5.74, 6) is 0.838. The molecule has 0 spiro atoms. The van der Waals surface area contributed by atoms with E-state index in [-0.39, 0.29) is 5.91 Å². The third kappa shape index (κ3) is 1.86. The number of aryl methyl sites for hydroxylation is 1. The Hall–Kier alpha value is -1.29. The van der Waals surface area contributed by atoms with Crippen LogP contribution in [0, 0.1) is 6.92 Å². The molecular weight excluding hydrogens is 282 g/mol. The molecule has 0 N–H and O–H groups in total. The van der Waals surface area contributed by atoms with E-state index in [0.29, 0.717) is 5.33 Å². The van der Waals surface area contributed by atoms with Gasteiger partial charge in [-0.25, -0.2) is 0 Å². The van der Waals surface area contributed by atoms with E-state index in [1.54, 1.807) is 18.6 Å². The van der Waals surface area contributed by atoms with Crippen LogP contribution in [0.15, 0.2) is 18.2 Å². The van der Waals surface area contributed by atoms with Crippen molar-refractivity contribution in [1.82, 2.24) is 4.57 Å². The van der Waals surface area contributed by atoms with Gasteiger partial charge in [0.05, 0.1) is 12.6 Å². The molecule has 1 aromatic heterocycles. The van der Waals surface area contributed by atoms with Gasteiger partial charge in [0, 0.05) is 23.3 Å². The first kappa shape index (κ1) is 12.2. The van der Waals surface area contributed by atoms with Gasteiger partial charge in [-0.2, -0.15) is 0 Å². The Morgan fingerprint density at radius 1 is 1.47 bits per heavy atom. The minimum absolute atomic E-state index is 0.0303. The van der Waals surface area contributed by atoms with Gasteiger partial charge in [0.25, 0.3) is 0 Å². The molecule has 1 aromatic carbocycles. The van der Waals surface area contributed by atoms with Crippen LogP contribution in [0.25, 0.3) is 10.9 Å². The smallest absolute Gasteiger partial charge is 0.228 e. The molecule has 1 heterocycles. The highest BCUT2D eigenvalue weighted by atomic mass is 79.9. The Labute approximate surface area is 108 Å². The van der Waals surface area contributed by atoms with Crippen molar-refractivity contribution < 1.29 is 9.53 Å². The second kappa shape index (κ2) is 4.53. The van der Waals surface area contributed by atoms with Gasteiger partial charge in [-0.1, -0.05) is 15.9 Å². The number of aromatic nitrogens is 1. The van der Waals surface area contributed by atoms with Crippen molar-refractivity contribution in [2.24, 2.45) is 0 Å². The molecule has 0 radical (unpaired) electrons. The van der Waals surface area contributed by atoms with Gasteiger partial charge in [0.1, 0.15) is 5.75 Å². The highest BCUT2D eigenvalue weighted by Crippen LogP contribution is 2.30. The number of methoxy groups -OCH3 is 1. The number of benzene rings is 1. The number of halogens is 1. The lowest BCUT2D eigenvalue weighted by Crippen LogP contribution is -2.08. The van der Waals surface area contributed by atoms with E-state index >= 15 is 0 Å². The summed E-state index contributed by atoms with van der Waals surface area (Å²) < 4.78 is 6.96. The van der Waals surface area contributed by atoms with Crippen LogP contribution in [0.5, 0.6) is 5.75 Å². The summed E-state index contributed by atoms with van der Waals surface area (Å²) >= 11 is 3.44. The number of ether oxygens (including phenoxy) is 1. The zero-order valence-corrected chi connectivity index (χ0v) is 11.7. The van der Waals surface area contributed by atoms with E-state index < -0.39 is 0 Å². The summed E-state index contributed by atoms with van der Waals surface area (Å²) in [4.78, 5) is 11.7. The molecule has 0 aliphatic rings. The fraction of sp³-hybridized carbons (Fsp3) is 0.308. The molecule has 4 heteroatoms. The molecule has 2 rings (SSSR count). The Balaban J connectivity index is 2.84. The van der Waals surface area contributed by atoms with Gasteiger partial charge < -0.3 is 4.74 Å². The highest BCUT2D eigenvalue weighted by molar-refractivity contribution is 9.08. The van der Waals surface area contributed by atoms with Crippen molar-refractivity contribution in [2.75, 3.05) is 7.11 Å². The third-order valence-corrected chi connectivity index (χ3v) is 3.52. The minimum Gasteiger partial charge on any atom is -0.497 e. The number of fused-ring (bicyclic) bond motifs is 1. The first-order chi connectivity index (χ1) is 8.10. The fourth-order valence-electron chi connectivity index (χ4n) is 2.13. The minimum atomic E-state index is 0.0303. The lowest BCUT2D eigenvalue weighted by molar-refractivity contribution is 0.0939. The van der Waals surface area contributed by atoms with Crippen molar-refractivity contribution in [2.45, 2.75) is 19.2 Å². The summed E-state index contributed by atoms with van der Waals surface area (Å²) in [6.45, 7) is 3.60. The lowest BCUT2D eigenvalue weighted by atomic mass is 10.1. The van der Waals surface area contributed by atoms with Crippen molar-refractivity contribution in [3.63, 3.8) is 0 Å². The molecule has 17 heavy (non-hydrogen) atoms. The van der Waals surface area contributed by atoms with Crippen LogP contribution in [0.4, 0.5) is 0 Å². The predicted molar refractivity (Wildman–Crippen MR) is 72.2 cm³/mol. The van der Waals surface area contributed by atoms with E-state index in [2.05, 4.69) is 15.9 Å². The monoisotopic (exact) mass is 295 g/mol. The molecule has 0 saturated carbocycles. The second-order valence-electron chi connectivity index (χ2n) is 3.94. The quantitative estimate of drug-likeness (QED) is 0.794. The lowest BCUT2D eigenvalue weighted by Gasteiger charge is -2.04. The summed E-state index contributed by atoms with van der Waals surface area (Å²) in [7, 11) is 1.64. The van der Waals surface area contributed by atoms with E-state index in [4.69, 9.17) is 4.74 Å². The molecule has 0 aliphatic carbocycles. The van der Waals surface area contributed by atoms with Crippen molar-refractivity contribution in [3.8, 4) is 5.75 Å². The number of alkyl halides is 1. The fourth-order valence-corrected chi connectivity index (χ4v) is 2.80. The molecule has 0 bridgehead atoms. The maximum absolute atomic E-state index is 11.7. The average molecular weight is 296 g/mol. The van der Waals surface area contributed by atoms with Crippen LogP contribution in [0.2, 0.25) is 0 Å². The molecular formula is C13H14BrNO2. The van der Waals surface area contributed by atoms with Crippen LogP contribution >= 0.6 is 15.9 Å². The zero-order valence-electron chi connectivity index (χ0n) is 10.1. The third-order valence-electron chi connectivity index (χ3n) is 2.99. The molecule has 0 unspecified atom stereocenters. The van der Waals surface area contributed by atoms with Gasteiger partial charge in [-0.3, -0.25) is 9.36 Å². The van der Waals surface area contributed by atoms with Crippen LogP contribution in [0.3, 0.4) is 0 Å².